The van der Waals surface area contributed by atoms with Crippen LogP contribution in [0.1, 0.15) is 16.7 Å². The maximum Gasteiger partial charge on any atom is 0.224 e. The van der Waals surface area contributed by atoms with Gasteiger partial charge in [0, 0.05) is 19.8 Å². The second-order valence-corrected chi connectivity index (χ2v) is 4.73. The summed E-state index contributed by atoms with van der Waals surface area (Å²) in [5.41, 5.74) is 3.38. The Bertz CT molecular complexity index is 560. The molecule has 100 valence electrons. The van der Waals surface area contributed by atoms with Gasteiger partial charge in [0.1, 0.15) is 0 Å². The van der Waals surface area contributed by atoms with Gasteiger partial charge in [-0.25, -0.2) is 0 Å². The smallest absolute Gasteiger partial charge is 0.224 e. The first-order chi connectivity index (χ1) is 9.15. The highest BCUT2D eigenvalue weighted by molar-refractivity contribution is 5.78. The first-order valence-corrected chi connectivity index (χ1v) is 6.44. The van der Waals surface area contributed by atoms with Gasteiger partial charge in [-0.05, 0) is 30.0 Å². The van der Waals surface area contributed by atoms with Crippen molar-refractivity contribution in [2.45, 2.75) is 19.8 Å². The van der Waals surface area contributed by atoms with Gasteiger partial charge in [0.2, 0.25) is 5.91 Å². The number of rotatable bonds is 5. The lowest BCUT2D eigenvalue weighted by molar-refractivity contribution is -0.120. The van der Waals surface area contributed by atoms with E-state index >= 15 is 0 Å². The summed E-state index contributed by atoms with van der Waals surface area (Å²) in [5, 5.41) is 7.04. The van der Waals surface area contributed by atoms with Crippen LogP contribution < -0.4 is 5.32 Å². The average Bonchev–Trinajstić information content (AvgIpc) is 2.78. The number of aryl methyl sites for hydroxylation is 2. The molecule has 0 unspecified atom stereocenters. The quantitative estimate of drug-likeness (QED) is 0.885. The number of nitrogens with one attached hydrogen (secondary N) is 1. The molecular formula is C15H19N3O. The minimum Gasteiger partial charge on any atom is -0.355 e. The van der Waals surface area contributed by atoms with Gasteiger partial charge in [0.15, 0.2) is 0 Å². The predicted octanol–water partition coefficient (Wildman–Crippen LogP) is 1.63. The molecule has 2 aromatic rings. The molecule has 1 aromatic heterocycles. The molecule has 1 N–H and O–H groups in total. The molecule has 0 aliphatic rings. The van der Waals surface area contributed by atoms with Crippen molar-refractivity contribution in [2.24, 2.45) is 7.05 Å². The topological polar surface area (TPSA) is 46.9 Å². The van der Waals surface area contributed by atoms with Crippen LogP contribution in [-0.4, -0.2) is 22.2 Å². The number of carbonyl (C=O) groups excluding carboxylic acids is 1. The number of nitrogens with zero attached hydrogens (tertiary/aromatic N) is 2. The van der Waals surface area contributed by atoms with Gasteiger partial charge < -0.3 is 5.32 Å². The Balaban J connectivity index is 1.77. The van der Waals surface area contributed by atoms with E-state index in [0.717, 1.165) is 23.1 Å². The Labute approximate surface area is 113 Å². The van der Waals surface area contributed by atoms with Gasteiger partial charge in [0.25, 0.3) is 0 Å². The molecule has 0 atom stereocenters. The summed E-state index contributed by atoms with van der Waals surface area (Å²) in [6.45, 7) is 2.68. The van der Waals surface area contributed by atoms with Crippen LogP contribution >= 0.6 is 0 Å². The number of benzene rings is 1. The van der Waals surface area contributed by atoms with Gasteiger partial charge in [-0.2, -0.15) is 5.10 Å². The Morgan fingerprint density at radius 1 is 1.37 bits per heavy atom. The lowest BCUT2D eigenvalue weighted by Crippen LogP contribution is -2.27. The summed E-state index contributed by atoms with van der Waals surface area (Å²) in [7, 11) is 1.89. The van der Waals surface area contributed by atoms with E-state index in [1.54, 1.807) is 4.68 Å². The largest absolute Gasteiger partial charge is 0.355 e. The van der Waals surface area contributed by atoms with E-state index < -0.39 is 0 Å². The second kappa shape index (κ2) is 6.18. The molecule has 1 heterocycles. The molecule has 4 heteroatoms. The van der Waals surface area contributed by atoms with Crippen molar-refractivity contribution in [3.05, 3.63) is 53.3 Å². The number of amides is 1. The Morgan fingerprint density at radius 3 is 2.84 bits per heavy atom. The fraction of sp³-hybridized carbons (Fsp3) is 0.333. The molecule has 2 rings (SSSR count). The molecule has 0 bridgehead atoms. The Morgan fingerprint density at radius 2 is 2.16 bits per heavy atom. The molecule has 0 fully saturated rings. The summed E-state index contributed by atoms with van der Waals surface area (Å²) < 4.78 is 1.77. The third kappa shape index (κ3) is 3.95. The van der Waals surface area contributed by atoms with Crippen molar-refractivity contribution in [1.82, 2.24) is 15.1 Å². The van der Waals surface area contributed by atoms with E-state index in [1.165, 1.54) is 0 Å². The molecule has 0 saturated heterocycles. The van der Waals surface area contributed by atoms with Crippen molar-refractivity contribution in [2.75, 3.05) is 6.54 Å². The number of hydrogen-bond acceptors (Lipinski definition) is 2. The Hall–Kier alpha value is -2.10. The monoisotopic (exact) mass is 257 g/mol. The van der Waals surface area contributed by atoms with Crippen LogP contribution in [0.2, 0.25) is 0 Å². The summed E-state index contributed by atoms with van der Waals surface area (Å²) in [4.78, 5) is 11.8. The van der Waals surface area contributed by atoms with E-state index in [2.05, 4.69) is 10.4 Å². The second-order valence-electron chi connectivity index (χ2n) is 4.73. The van der Waals surface area contributed by atoms with Gasteiger partial charge in [-0.15, -0.1) is 0 Å². The third-order valence-corrected chi connectivity index (χ3v) is 3.11. The van der Waals surface area contributed by atoms with Crippen LogP contribution in [0.5, 0.6) is 0 Å². The van der Waals surface area contributed by atoms with Gasteiger partial charge in [0.05, 0.1) is 12.6 Å². The SMILES string of the molecule is Cc1ccccc1CC(=O)NCCc1cnn(C)c1. The first-order valence-electron chi connectivity index (χ1n) is 6.44. The average molecular weight is 257 g/mol. The lowest BCUT2D eigenvalue weighted by Gasteiger charge is -2.06. The van der Waals surface area contributed by atoms with E-state index in [-0.39, 0.29) is 5.91 Å². The van der Waals surface area contributed by atoms with Crippen molar-refractivity contribution >= 4 is 5.91 Å². The van der Waals surface area contributed by atoms with E-state index in [1.807, 2.05) is 50.6 Å². The highest BCUT2D eigenvalue weighted by Crippen LogP contribution is 2.07. The zero-order valence-electron chi connectivity index (χ0n) is 11.4. The van der Waals surface area contributed by atoms with Crippen LogP contribution in [0.25, 0.3) is 0 Å². The fourth-order valence-corrected chi connectivity index (χ4v) is 1.99. The standard InChI is InChI=1S/C15H19N3O/c1-12-5-3-4-6-14(12)9-15(19)16-8-7-13-10-17-18(2)11-13/h3-6,10-11H,7-9H2,1-2H3,(H,16,19). The van der Waals surface area contributed by atoms with Crippen LogP contribution in [0.3, 0.4) is 0 Å². The van der Waals surface area contributed by atoms with Gasteiger partial charge in [-0.3, -0.25) is 9.48 Å². The van der Waals surface area contributed by atoms with Crippen molar-refractivity contribution < 1.29 is 4.79 Å². The summed E-state index contributed by atoms with van der Waals surface area (Å²) in [6, 6.07) is 7.97. The predicted molar refractivity (Wildman–Crippen MR) is 74.8 cm³/mol. The zero-order valence-corrected chi connectivity index (χ0v) is 11.4. The molecule has 19 heavy (non-hydrogen) atoms. The normalized spacial score (nSPS) is 10.4. The molecule has 0 aliphatic carbocycles. The minimum absolute atomic E-state index is 0.0678. The Kier molecular flexibility index (Phi) is 4.34. The molecule has 1 amide bonds. The molecular weight excluding hydrogens is 238 g/mol. The van der Waals surface area contributed by atoms with E-state index in [4.69, 9.17) is 0 Å². The van der Waals surface area contributed by atoms with Crippen LogP contribution in [-0.2, 0) is 24.7 Å². The molecule has 0 radical (unpaired) electrons. The summed E-state index contributed by atoms with van der Waals surface area (Å²) in [5.74, 6) is 0.0678. The highest BCUT2D eigenvalue weighted by Gasteiger charge is 2.05. The van der Waals surface area contributed by atoms with Crippen LogP contribution in [0.4, 0.5) is 0 Å². The first kappa shape index (κ1) is 13.3. The molecule has 0 saturated carbocycles. The molecule has 1 aromatic carbocycles. The lowest BCUT2D eigenvalue weighted by atomic mass is 10.1. The van der Waals surface area contributed by atoms with Crippen molar-refractivity contribution in [3.8, 4) is 0 Å². The number of hydrogen-bond donors (Lipinski definition) is 1. The molecule has 0 aliphatic heterocycles. The summed E-state index contributed by atoms with van der Waals surface area (Å²) in [6.07, 6.45) is 5.05. The number of carbonyl (C=O) groups is 1. The van der Waals surface area contributed by atoms with Gasteiger partial charge >= 0.3 is 0 Å². The third-order valence-electron chi connectivity index (χ3n) is 3.11. The van der Waals surface area contributed by atoms with Crippen LogP contribution in [0, 0.1) is 6.92 Å². The maximum atomic E-state index is 11.8. The number of aromatic nitrogens is 2. The fourth-order valence-electron chi connectivity index (χ4n) is 1.99. The maximum absolute atomic E-state index is 11.8. The zero-order chi connectivity index (χ0) is 13.7. The van der Waals surface area contributed by atoms with Crippen molar-refractivity contribution in [1.29, 1.82) is 0 Å². The minimum atomic E-state index is 0.0678. The molecule has 4 nitrogen and oxygen atoms in total. The molecule has 0 spiro atoms. The van der Waals surface area contributed by atoms with E-state index in [9.17, 15) is 4.79 Å². The van der Waals surface area contributed by atoms with Crippen molar-refractivity contribution in [3.63, 3.8) is 0 Å². The van der Waals surface area contributed by atoms with Crippen LogP contribution in [0.15, 0.2) is 36.7 Å². The van der Waals surface area contributed by atoms with Gasteiger partial charge in [-0.1, -0.05) is 24.3 Å². The summed E-state index contributed by atoms with van der Waals surface area (Å²) >= 11 is 0. The van der Waals surface area contributed by atoms with E-state index in [0.29, 0.717) is 13.0 Å². The highest BCUT2D eigenvalue weighted by atomic mass is 16.1.